The number of ether oxygens (including phenoxy) is 2. The molecule has 1 aromatic rings. The molecule has 0 heterocycles. The maximum atomic E-state index is 12.6. The van der Waals surface area contributed by atoms with Gasteiger partial charge in [-0.15, -0.1) is 0 Å². The van der Waals surface area contributed by atoms with Crippen LogP contribution in [0.5, 0.6) is 11.5 Å². The molecule has 21 heavy (non-hydrogen) atoms. The van der Waals surface area contributed by atoms with Crippen molar-refractivity contribution in [1.82, 2.24) is 5.32 Å². The minimum atomic E-state index is -2.87. The van der Waals surface area contributed by atoms with Crippen LogP contribution in [0.15, 0.2) is 18.2 Å². The Morgan fingerprint density at radius 3 is 2.24 bits per heavy atom. The van der Waals surface area contributed by atoms with Gasteiger partial charge in [-0.05, 0) is 25.3 Å². The van der Waals surface area contributed by atoms with Crippen LogP contribution in [0, 0.1) is 0 Å². The monoisotopic (exact) mass is 301 g/mol. The maximum Gasteiger partial charge on any atom is 0.387 e. The number of benzene rings is 1. The maximum absolute atomic E-state index is 12.6. The fraction of sp³-hybridized carbons (Fsp3) is 0.625. The Labute approximate surface area is 125 Å². The van der Waals surface area contributed by atoms with E-state index in [0.717, 1.165) is 19.3 Å². The van der Waals surface area contributed by atoms with Gasteiger partial charge in [-0.1, -0.05) is 32.9 Å². The van der Waals surface area contributed by atoms with Crippen LogP contribution in [0.4, 0.5) is 8.78 Å². The van der Waals surface area contributed by atoms with Crippen LogP contribution in [0.3, 0.4) is 0 Å². The summed E-state index contributed by atoms with van der Waals surface area (Å²) < 4.78 is 34.9. The number of alkyl halides is 2. The van der Waals surface area contributed by atoms with Crippen LogP contribution in [-0.4, -0.2) is 19.3 Å². The lowest BCUT2D eigenvalue weighted by Crippen LogP contribution is -2.43. The minimum absolute atomic E-state index is 0.0190. The fourth-order valence-corrected chi connectivity index (χ4v) is 2.49. The van der Waals surface area contributed by atoms with Gasteiger partial charge in [0.25, 0.3) is 0 Å². The standard InChI is InChI=1S/C16H25F2NO2/c1-5-16(6-2,7-3)19-11-12-9-8-10-13(20-4)14(12)21-15(17)18/h8-10,15,19H,5-7,11H2,1-4H3. The topological polar surface area (TPSA) is 30.5 Å². The van der Waals surface area contributed by atoms with Crippen molar-refractivity contribution in [2.75, 3.05) is 7.11 Å². The number of hydrogen-bond donors (Lipinski definition) is 1. The molecule has 0 aliphatic rings. The van der Waals surface area contributed by atoms with Crippen molar-refractivity contribution < 1.29 is 18.3 Å². The molecule has 0 atom stereocenters. The van der Waals surface area contributed by atoms with Gasteiger partial charge < -0.3 is 14.8 Å². The van der Waals surface area contributed by atoms with Gasteiger partial charge in [-0.3, -0.25) is 0 Å². The number of nitrogens with one attached hydrogen (secondary N) is 1. The Bertz CT molecular complexity index is 426. The van der Waals surface area contributed by atoms with E-state index in [4.69, 9.17) is 4.74 Å². The SMILES string of the molecule is CCC(CC)(CC)NCc1cccc(OC)c1OC(F)F. The Hall–Kier alpha value is -1.36. The normalized spacial score (nSPS) is 11.8. The molecule has 0 spiro atoms. The second-order valence-electron chi connectivity index (χ2n) is 5.02. The highest BCUT2D eigenvalue weighted by atomic mass is 19.3. The molecule has 0 aliphatic heterocycles. The van der Waals surface area contributed by atoms with Gasteiger partial charge in [-0.2, -0.15) is 8.78 Å². The van der Waals surface area contributed by atoms with Gasteiger partial charge in [0, 0.05) is 17.6 Å². The fourth-order valence-electron chi connectivity index (χ4n) is 2.49. The second-order valence-corrected chi connectivity index (χ2v) is 5.02. The smallest absolute Gasteiger partial charge is 0.387 e. The van der Waals surface area contributed by atoms with Crippen molar-refractivity contribution in [3.05, 3.63) is 23.8 Å². The third kappa shape index (κ3) is 4.56. The summed E-state index contributed by atoms with van der Waals surface area (Å²) in [7, 11) is 1.44. The van der Waals surface area contributed by atoms with Gasteiger partial charge in [0.05, 0.1) is 7.11 Å². The van der Waals surface area contributed by atoms with E-state index in [2.05, 4.69) is 30.8 Å². The zero-order valence-electron chi connectivity index (χ0n) is 13.2. The molecule has 0 saturated heterocycles. The minimum Gasteiger partial charge on any atom is -0.493 e. The Morgan fingerprint density at radius 2 is 1.76 bits per heavy atom. The molecular formula is C16H25F2NO2. The number of rotatable bonds is 9. The van der Waals surface area contributed by atoms with E-state index in [1.807, 2.05) is 0 Å². The van der Waals surface area contributed by atoms with Gasteiger partial charge in [0.2, 0.25) is 0 Å². The van der Waals surface area contributed by atoms with Gasteiger partial charge in [0.15, 0.2) is 11.5 Å². The third-order valence-corrected chi connectivity index (χ3v) is 4.17. The lowest BCUT2D eigenvalue weighted by molar-refractivity contribution is -0.0519. The van der Waals surface area contributed by atoms with Crippen molar-refractivity contribution in [3.63, 3.8) is 0 Å². The molecule has 1 aromatic carbocycles. The molecule has 1 rings (SSSR count). The van der Waals surface area contributed by atoms with Gasteiger partial charge in [-0.25, -0.2) is 0 Å². The van der Waals surface area contributed by atoms with E-state index in [-0.39, 0.29) is 11.3 Å². The zero-order valence-corrected chi connectivity index (χ0v) is 13.2. The number of halogens is 2. The first-order valence-corrected chi connectivity index (χ1v) is 7.37. The molecule has 1 N–H and O–H groups in total. The molecule has 0 bridgehead atoms. The molecule has 0 unspecified atom stereocenters. The Balaban J connectivity index is 2.97. The zero-order chi connectivity index (χ0) is 15.9. The lowest BCUT2D eigenvalue weighted by atomic mass is 9.89. The summed E-state index contributed by atoms with van der Waals surface area (Å²) in [5, 5.41) is 3.48. The van der Waals surface area contributed by atoms with E-state index < -0.39 is 6.61 Å². The van der Waals surface area contributed by atoms with E-state index in [1.165, 1.54) is 7.11 Å². The first-order valence-electron chi connectivity index (χ1n) is 7.37. The highest BCUT2D eigenvalue weighted by molar-refractivity contribution is 5.46. The van der Waals surface area contributed by atoms with Crippen LogP contribution < -0.4 is 14.8 Å². The van der Waals surface area contributed by atoms with Crippen molar-refractivity contribution in [1.29, 1.82) is 0 Å². The van der Waals surface area contributed by atoms with E-state index in [0.29, 0.717) is 17.9 Å². The largest absolute Gasteiger partial charge is 0.493 e. The number of methoxy groups -OCH3 is 1. The molecule has 0 radical (unpaired) electrons. The molecule has 3 nitrogen and oxygen atoms in total. The Kier molecular flexibility index (Phi) is 6.89. The third-order valence-electron chi connectivity index (χ3n) is 4.17. The van der Waals surface area contributed by atoms with Crippen LogP contribution in [0.25, 0.3) is 0 Å². The summed E-state index contributed by atoms with van der Waals surface area (Å²) >= 11 is 0. The lowest BCUT2D eigenvalue weighted by Gasteiger charge is -2.32. The second kappa shape index (κ2) is 8.17. The molecule has 0 saturated carbocycles. The van der Waals surface area contributed by atoms with Crippen LogP contribution in [-0.2, 0) is 6.54 Å². The first kappa shape index (κ1) is 17.7. The van der Waals surface area contributed by atoms with Crippen LogP contribution in [0.2, 0.25) is 0 Å². The van der Waals surface area contributed by atoms with E-state index in [1.54, 1.807) is 18.2 Å². The molecule has 120 valence electrons. The number of hydrogen-bond acceptors (Lipinski definition) is 3. The predicted molar refractivity (Wildman–Crippen MR) is 80.1 cm³/mol. The van der Waals surface area contributed by atoms with Crippen molar-refractivity contribution in [3.8, 4) is 11.5 Å². The quantitative estimate of drug-likeness (QED) is 0.735. The molecular weight excluding hydrogens is 276 g/mol. The highest BCUT2D eigenvalue weighted by Gasteiger charge is 2.24. The molecule has 0 fully saturated rings. The molecule has 0 aliphatic carbocycles. The van der Waals surface area contributed by atoms with Crippen LogP contribution in [0.1, 0.15) is 45.6 Å². The molecule has 0 amide bonds. The summed E-state index contributed by atoms with van der Waals surface area (Å²) in [6.45, 7) is 3.98. The highest BCUT2D eigenvalue weighted by Crippen LogP contribution is 2.33. The van der Waals surface area contributed by atoms with E-state index >= 15 is 0 Å². The van der Waals surface area contributed by atoms with Gasteiger partial charge in [0.1, 0.15) is 0 Å². The van der Waals surface area contributed by atoms with Crippen molar-refractivity contribution in [2.24, 2.45) is 0 Å². The average molecular weight is 301 g/mol. The van der Waals surface area contributed by atoms with E-state index in [9.17, 15) is 8.78 Å². The summed E-state index contributed by atoms with van der Waals surface area (Å²) in [4.78, 5) is 0. The average Bonchev–Trinajstić information content (AvgIpc) is 2.50. The van der Waals surface area contributed by atoms with Crippen molar-refractivity contribution in [2.45, 2.75) is 58.7 Å². The van der Waals surface area contributed by atoms with Crippen molar-refractivity contribution >= 4 is 0 Å². The number of para-hydroxylation sites is 1. The van der Waals surface area contributed by atoms with Gasteiger partial charge >= 0.3 is 6.61 Å². The summed E-state index contributed by atoms with van der Waals surface area (Å²) in [6, 6.07) is 5.17. The Morgan fingerprint density at radius 1 is 1.14 bits per heavy atom. The molecule has 0 aromatic heterocycles. The molecule has 5 heteroatoms. The summed E-state index contributed by atoms with van der Waals surface area (Å²) in [5.41, 5.74) is 0.694. The summed E-state index contributed by atoms with van der Waals surface area (Å²) in [6.07, 6.45) is 2.94. The van der Waals surface area contributed by atoms with Crippen LogP contribution >= 0.6 is 0 Å². The summed E-state index contributed by atoms with van der Waals surface area (Å²) in [5.74, 6) is 0.435. The predicted octanol–water partition coefficient (Wildman–Crippen LogP) is 4.36. The first-order chi connectivity index (χ1) is 10.0.